The van der Waals surface area contributed by atoms with Crippen molar-refractivity contribution in [2.45, 2.75) is 22.7 Å². The van der Waals surface area contributed by atoms with Gasteiger partial charge in [-0.2, -0.15) is 5.26 Å². The summed E-state index contributed by atoms with van der Waals surface area (Å²) in [4.78, 5) is 0. The van der Waals surface area contributed by atoms with Crippen molar-refractivity contribution in [2.24, 2.45) is 0 Å². The largest absolute Gasteiger partial charge is 0.446 e. The van der Waals surface area contributed by atoms with Crippen LogP contribution in [0.2, 0.25) is 5.02 Å². The Kier molecular flexibility index (Phi) is 4.28. The van der Waals surface area contributed by atoms with E-state index in [1.807, 2.05) is 6.07 Å². The second kappa shape index (κ2) is 5.92. The molecule has 0 bridgehead atoms. The number of rotatable bonds is 3. The average Bonchev–Trinajstić information content (AvgIpc) is 2.94. The molecule has 132 valence electrons. The Morgan fingerprint density at radius 2 is 2.12 bits per heavy atom. The molecule has 1 atom stereocenters. The molecule has 1 aliphatic carbocycles. The number of halogens is 3. The number of sulfone groups is 1. The van der Waals surface area contributed by atoms with Crippen molar-refractivity contribution in [2.75, 3.05) is 6.26 Å². The van der Waals surface area contributed by atoms with Crippen LogP contribution in [0.3, 0.4) is 0 Å². The summed E-state index contributed by atoms with van der Waals surface area (Å²) >= 11 is 6.53. The molecule has 1 aromatic carbocycles. The lowest BCUT2D eigenvalue weighted by Crippen LogP contribution is -2.22. The van der Waals surface area contributed by atoms with Crippen LogP contribution in [-0.4, -0.2) is 25.7 Å². The monoisotopic (exact) mass is 405 g/mol. The third-order valence-corrected chi connectivity index (χ3v) is 6.80. The molecule has 0 aliphatic heterocycles. The van der Waals surface area contributed by atoms with Crippen LogP contribution in [0.1, 0.15) is 22.8 Å². The fraction of sp³-hybridized carbons (Fsp3) is 0.267. The lowest BCUT2D eigenvalue weighted by molar-refractivity contribution is -0.0976. The van der Waals surface area contributed by atoms with Crippen LogP contribution < -0.4 is 4.74 Å². The van der Waals surface area contributed by atoms with E-state index in [4.69, 9.17) is 21.6 Å². The van der Waals surface area contributed by atoms with Crippen LogP contribution in [0.5, 0.6) is 10.8 Å². The molecule has 0 fully saturated rings. The van der Waals surface area contributed by atoms with Gasteiger partial charge < -0.3 is 9.84 Å². The van der Waals surface area contributed by atoms with Crippen LogP contribution in [0.15, 0.2) is 22.4 Å². The van der Waals surface area contributed by atoms with Gasteiger partial charge in [0.25, 0.3) is 5.92 Å². The van der Waals surface area contributed by atoms with Crippen molar-refractivity contribution in [3.05, 3.63) is 39.9 Å². The van der Waals surface area contributed by atoms with Gasteiger partial charge in [-0.05, 0) is 18.2 Å². The second-order valence-corrected chi connectivity index (χ2v) is 9.20. The van der Waals surface area contributed by atoms with E-state index in [9.17, 15) is 22.3 Å². The molecule has 1 heterocycles. The lowest BCUT2D eigenvalue weighted by Gasteiger charge is -2.14. The van der Waals surface area contributed by atoms with Crippen molar-refractivity contribution in [1.29, 1.82) is 5.26 Å². The number of ether oxygens (including phenoxy) is 1. The van der Waals surface area contributed by atoms with Gasteiger partial charge in [-0.25, -0.2) is 17.2 Å². The predicted molar refractivity (Wildman–Crippen MR) is 87.3 cm³/mol. The number of hydrogen-bond donors (Lipinski definition) is 1. The van der Waals surface area contributed by atoms with Crippen LogP contribution in [-0.2, 0) is 16.3 Å². The van der Waals surface area contributed by atoms with E-state index in [1.165, 1.54) is 18.2 Å². The minimum Gasteiger partial charge on any atom is -0.446 e. The highest BCUT2D eigenvalue weighted by atomic mass is 35.5. The minimum atomic E-state index is -3.84. The second-order valence-electron chi connectivity index (χ2n) is 5.57. The van der Waals surface area contributed by atoms with Gasteiger partial charge in [0.15, 0.2) is 14.9 Å². The van der Waals surface area contributed by atoms with Crippen LogP contribution in [0.4, 0.5) is 8.78 Å². The smallest absolute Gasteiger partial charge is 0.281 e. The number of nitrogens with zero attached hydrogens (tertiary/aromatic N) is 1. The highest BCUT2D eigenvalue weighted by Gasteiger charge is 2.52. The van der Waals surface area contributed by atoms with Gasteiger partial charge in [-0.15, -0.1) is 0 Å². The number of nitriles is 1. The zero-order chi connectivity index (χ0) is 18.6. The normalized spacial score (nSPS) is 18.6. The summed E-state index contributed by atoms with van der Waals surface area (Å²) in [6.45, 7) is 0. The van der Waals surface area contributed by atoms with E-state index in [2.05, 4.69) is 0 Å². The molecule has 0 radical (unpaired) electrons. The van der Waals surface area contributed by atoms with Gasteiger partial charge in [-0.3, -0.25) is 0 Å². The topological polar surface area (TPSA) is 87.4 Å². The zero-order valence-corrected chi connectivity index (χ0v) is 15.0. The molecule has 25 heavy (non-hydrogen) atoms. The van der Waals surface area contributed by atoms with E-state index in [-0.39, 0.29) is 36.7 Å². The van der Waals surface area contributed by atoms with Crippen molar-refractivity contribution in [3.8, 4) is 16.9 Å². The molecule has 1 unspecified atom stereocenters. The van der Waals surface area contributed by atoms with Crippen molar-refractivity contribution in [3.63, 3.8) is 0 Å². The van der Waals surface area contributed by atoms with Crippen LogP contribution in [0, 0.1) is 11.3 Å². The van der Waals surface area contributed by atoms with Crippen molar-refractivity contribution in [1.82, 2.24) is 0 Å². The number of fused-ring (bicyclic) bond motifs is 1. The summed E-state index contributed by atoms with van der Waals surface area (Å²) in [6.07, 6.45) is -2.18. The van der Waals surface area contributed by atoms with Crippen LogP contribution in [0.25, 0.3) is 0 Å². The fourth-order valence-electron chi connectivity index (χ4n) is 2.57. The fourth-order valence-corrected chi connectivity index (χ4v) is 5.22. The number of benzene rings is 1. The Hall–Kier alpha value is -1.73. The molecular weight excluding hydrogens is 396 g/mol. The van der Waals surface area contributed by atoms with Gasteiger partial charge in [-0.1, -0.05) is 22.9 Å². The third kappa shape index (κ3) is 3.22. The highest BCUT2D eigenvalue weighted by molar-refractivity contribution is 7.92. The first-order valence-corrected chi connectivity index (χ1v) is 9.91. The summed E-state index contributed by atoms with van der Waals surface area (Å²) < 4.78 is 56.7. The quantitative estimate of drug-likeness (QED) is 0.841. The number of aliphatic hydroxyl groups excluding tert-OH is 1. The number of hydrogen-bond acceptors (Lipinski definition) is 6. The van der Waals surface area contributed by atoms with E-state index in [0.717, 1.165) is 6.26 Å². The molecule has 1 aliphatic rings. The molecule has 2 aromatic rings. The molecule has 3 rings (SSSR count). The summed E-state index contributed by atoms with van der Waals surface area (Å²) in [7, 11) is -3.84. The van der Waals surface area contributed by atoms with Gasteiger partial charge in [0.1, 0.15) is 16.1 Å². The zero-order valence-electron chi connectivity index (χ0n) is 12.6. The maximum Gasteiger partial charge on any atom is 0.281 e. The lowest BCUT2D eigenvalue weighted by atomic mass is 10.2. The Labute approximate surface area is 151 Å². The Morgan fingerprint density at radius 3 is 2.72 bits per heavy atom. The first-order chi connectivity index (χ1) is 11.5. The van der Waals surface area contributed by atoms with Gasteiger partial charge >= 0.3 is 0 Å². The summed E-state index contributed by atoms with van der Waals surface area (Å²) in [6, 6.07) is 6.00. The van der Waals surface area contributed by atoms with Gasteiger partial charge in [0.05, 0.1) is 11.6 Å². The van der Waals surface area contributed by atoms with Crippen LogP contribution >= 0.6 is 22.9 Å². The molecule has 10 heteroatoms. The van der Waals surface area contributed by atoms with E-state index >= 15 is 0 Å². The van der Waals surface area contributed by atoms with E-state index in [0.29, 0.717) is 11.3 Å². The highest BCUT2D eigenvalue weighted by Crippen LogP contribution is 2.54. The molecule has 5 nitrogen and oxygen atoms in total. The van der Waals surface area contributed by atoms with Gasteiger partial charge in [0, 0.05) is 28.8 Å². The molecule has 0 amide bonds. The SMILES string of the molecule is CS(=O)(=O)c1sc(Oc2cc(Cl)cc(C#N)c2)c2c1C(O)C(F)(F)C2. The minimum absolute atomic E-state index is 0.0543. The molecular formula is C15H10ClF2NO4S2. The standard InChI is InChI=1S/C15H10ClF2NO4S2/c1-25(21,22)14-11-10(5-15(17,18)12(11)20)13(24-14)23-9-3-7(6-19)2-8(16)4-9/h2-4,12,20H,5H2,1H3. The van der Waals surface area contributed by atoms with E-state index < -0.39 is 28.3 Å². The summed E-state index contributed by atoms with van der Waals surface area (Å²) in [5, 5.41) is 18.9. The van der Waals surface area contributed by atoms with Crippen molar-refractivity contribution >= 4 is 32.8 Å². The Morgan fingerprint density at radius 1 is 1.44 bits per heavy atom. The summed E-state index contributed by atoms with van der Waals surface area (Å²) in [5.74, 6) is -3.37. The molecule has 1 aromatic heterocycles. The maximum absolute atomic E-state index is 13.9. The first kappa shape index (κ1) is 18.1. The maximum atomic E-state index is 13.9. The average molecular weight is 406 g/mol. The van der Waals surface area contributed by atoms with Gasteiger partial charge in [0.2, 0.25) is 0 Å². The molecule has 0 saturated carbocycles. The van der Waals surface area contributed by atoms with E-state index in [1.54, 1.807) is 0 Å². The van der Waals surface area contributed by atoms with Crippen molar-refractivity contribution < 1.29 is 27.0 Å². The number of thiophene rings is 1. The number of alkyl halides is 2. The molecule has 0 saturated heterocycles. The molecule has 1 N–H and O–H groups in total. The summed E-state index contributed by atoms with van der Waals surface area (Å²) in [5.41, 5.74) is -0.180. The molecule has 0 spiro atoms. The predicted octanol–water partition coefficient (Wildman–Crippen LogP) is 3.69. The number of aliphatic hydroxyl groups is 1. The first-order valence-electron chi connectivity index (χ1n) is 6.83. The third-order valence-electron chi connectivity index (χ3n) is 3.61. The Bertz CT molecular complexity index is 1010. The Balaban J connectivity index is 2.12.